The molecule has 0 spiro atoms. The van der Waals surface area contributed by atoms with Crippen LogP contribution in [0.3, 0.4) is 0 Å². The fraction of sp³-hybridized carbons (Fsp3) is 0.211. The van der Waals surface area contributed by atoms with Crippen LogP contribution in [-0.2, 0) is 10.0 Å². The first-order valence-electron chi connectivity index (χ1n) is 8.55. The number of carbonyl (C=O) groups is 1. The molecule has 3 heterocycles. The number of thiophene rings is 2. The third-order valence-corrected chi connectivity index (χ3v) is 8.28. The fourth-order valence-corrected chi connectivity index (χ4v) is 6.18. The van der Waals surface area contributed by atoms with Gasteiger partial charge in [-0.05, 0) is 60.0 Å². The maximum Gasteiger partial charge on any atom is 0.271 e. The van der Waals surface area contributed by atoms with E-state index in [2.05, 4.69) is 10.8 Å². The Kier molecular flexibility index (Phi) is 5.03. The number of likely N-dealkylation sites (tertiary alicyclic amines) is 1. The first kappa shape index (κ1) is 18.2. The number of rotatable bonds is 5. The van der Waals surface area contributed by atoms with E-state index in [1.54, 1.807) is 53.1 Å². The lowest BCUT2D eigenvalue weighted by molar-refractivity contribution is 0.0738. The number of hydrogen-bond donors (Lipinski definition) is 1. The normalized spacial score (nSPS) is 17.2. The van der Waals surface area contributed by atoms with Gasteiger partial charge in [0, 0.05) is 22.7 Å². The molecule has 0 saturated carbocycles. The van der Waals surface area contributed by atoms with E-state index < -0.39 is 10.0 Å². The van der Waals surface area contributed by atoms with Crippen LogP contribution in [0.5, 0.6) is 0 Å². The molecule has 1 unspecified atom stereocenters. The zero-order chi connectivity index (χ0) is 18.9. The monoisotopic (exact) mass is 418 g/mol. The predicted octanol–water partition coefficient (Wildman–Crippen LogP) is 4.59. The van der Waals surface area contributed by atoms with Crippen LogP contribution in [-0.4, -0.2) is 25.8 Å². The van der Waals surface area contributed by atoms with Crippen LogP contribution in [0.25, 0.3) is 0 Å². The molecule has 1 N–H and O–H groups in total. The molecule has 1 amide bonds. The van der Waals surface area contributed by atoms with Crippen molar-refractivity contribution in [2.45, 2.75) is 23.1 Å². The first-order chi connectivity index (χ1) is 13.0. The predicted molar refractivity (Wildman–Crippen MR) is 109 cm³/mol. The molecule has 5 nitrogen and oxygen atoms in total. The van der Waals surface area contributed by atoms with Crippen molar-refractivity contribution in [2.24, 2.45) is 0 Å². The largest absolute Gasteiger partial charge is 0.331 e. The molecule has 0 bridgehead atoms. The highest BCUT2D eigenvalue weighted by molar-refractivity contribution is 7.94. The van der Waals surface area contributed by atoms with Crippen LogP contribution in [0, 0.1) is 0 Å². The van der Waals surface area contributed by atoms with Gasteiger partial charge in [0.15, 0.2) is 0 Å². The molecule has 0 aliphatic carbocycles. The van der Waals surface area contributed by atoms with Gasteiger partial charge in [0.2, 0.25) is 0 Å². The maximum absolute atomic E-state index is 12.9. The third-order valence-electron chi connectivity index (χ3n) is 4.53. The van der Waals surface area contributed by atoms with E-state index in [4.69, 9.17) is 0 Å². The number of nitrogens with one attached hydrogen (secondary N) is 1. The van der Waals surface area contributed by atoms with Crippen LogP contribution in [0.4, 0.5) is 5.69 Å². The van der Waals surface area contributed by atoms with Crippen molar-refractivity contribution < 1.29 is 13.2 Å². The molecule has 3 aromatic rings. The molecule has 1 fully saturated rings. The number of hydrogen-bond acceptors (Lipinski definition) is 5. The second kappa shape index (κ2) is 7.46. The zero-order valence-electron chi connectivity index (χ0n) is 14.4. The average Bonchev–Trinajstić information content (AvgIpc) is 3.43. The number of carbonyl (C=O) groups excluding carboxylic acids is 1. The molecule has 27 heavy (non-hydrogen) atoms. The molecule has 1 atom stereocenters. The highest BCUT2D eigenvalue weighted by atomic mass is 32.2. The second-order valence-corrected chi connectivity index (χ2v) is 10.1. The van der Waals surface area contributed by atoms with Crippen LogP contribution in [0.15, 0.2) is 63.5 Å². The Morgan fingerprint density at radius 1 is 1.04 bits per heavy atom. The summed E-state index contributed by atoms with van der Waals surface area (Å²) in [5.41, 5.74) is 1.01. The topological polar surface area (TPSA) is 66.5 Å². The minimum atomic E-state index is -3.58. The second-order valence-electron chi connectivity index (χ2n) is 6.29. The van der Waals surface area contributed by atoms with Gasteiger partial charge in [0.1, 0.15) is 4.21 Å². The van der Waals surface area contributed by atoms with Crippen LogP contribution in [0.2, 0.25) is 0 Å². The molecular formula is C19H18N2O3S3. The molecule has 1 aromatic carbocycles. The van der Waals surface area contributed by atoms with E-state index in [1.807, 2.05) is 16.3 Å². The van der Waals surface area contributed by atoms with E-state index in [1.165, 1.54) is 4.88 Å². The van der Waals surface area contributed by atoms with Gasteiger partial charge in [-0.2, -0.15) is 0 Å². The van der Waals surface area contributed by atoms with Crippen molar-refractivity contribution in [3.63, 3.8) is 0 Å². The minimum absolute atomic E-state index is 0.0152. The van der Waals surface area contributed by atoms with E-state index in [-0.39, 0.29) is 16.2 Å². The Morgan fingerprint density at radius 2 is 1.78 bits per heavy atom. The summed E-state index contributed by atoms with van der Waals surface area (Å²) in [6.07, 6.45) is 1.97. The molecule has 4 rings (SSSR count). The standard InChI is InChI=1S/C19H18N2O3S3/c22-19(21-11-1-4-16(21)17-5-2-12-25-17)14-7-9-15(10-8-14)20-27(23,24)18-6-3-13-26-18/h2-3,5-10,12-13,16,20H,1,4,11H2. The van der Waals surface area contributed by atoms with Crippen LogP contribution < -0.4 is 4.72 Å². The summed E-state index contributed by atoms with van der Waals surface area (Å²) in [6.45, 7) is 0.744. The number of benzene rings is 1. The van der Waals surface area contributed by atoms with E-state index >= 15 is 0 Å². The van der Waals surface area contributed by atoms with Crippen molar-refractivity contribution in [1.29, 1.82) is 0 Å². The number of nitrogens with zero attached hydrogens (tertiary/aromatic N) is 1. The number of sulfonamides is 1. The molecular weight excluding hydrogens is 400 g/mol. The summed E-state index contributed by atoms with van der Waals surface area (Å²) in [7, 11) is -3.58. The fourth-order valence-electron chi connectivity index (χ4n) is 3.25. The van der Waals surface area contributed by atoms with Gasteiger partial charge in [-0.3, -0.25) is 9.52 Å². The van der Waals surface area contributed by atoms with Crippen molar-refractivity contribution in [3.05, 3.63) is 69.7 Å². The lowest BCUT2D eigenvalue weighted by Gasteiger charge is -2.24. The lowest BCUT2D eigenvalue weighted by Crippen LogP contribution is -2.30. The van der Waals surface area contributed by atoms with Crippen LogP contribution >= 0.6 is 22.7 Å². The summed E-state index contributed by atoms with van der Waals surface area (Å²) in [5, 5.41) is 3.75. The zero-order valence-corrected chi connectivity index (χ0v) is 16.8. The van der Waals surface area contributed by atoms with Crippen molar-refractivity contribution in [3.8, 4) is 0 Å². The minimum Gasteiger partial charge on any atom is -0.331 e. The quantitative estimate of drug-likeness (QED) is 0.659. The number of anilines is 1. The average molecular weight is 419 g/mol. The smallest absolute Gasteiger partial charge is 0.271 e. The summed E-state index contributed by atoms with van der Waals surface area (Å²) in [6, 6.07) is 14.1. The molecule has 0 radical (unpaired) electrons. The van der Waals surface area contributed by atoms with Gasteiger partial charge in [-0.1, -0.05) is 12.1 Å². The van der Waals surface area contributed by atoms with Crippen molar-refractivity contribution >= 4 is 44.3 Å². The van der Waals surface area contributed by atoms with Gasteiger partial charge in [0.05, 0.1) is 6.04 Å². The molecule has 1 saturated heterocycles. The SMILES string of the molecule is O=C(c1ccc(NS(=O)(=O)c2cccs2)cc1)N1CCCC1c1cccs1. The summed E-state index contributed by atoms with van der Waals surface area (Å²) < 4.78 is 27.4. The Hall–Kier alpha value is -2.16. The molecule has 140 valence electrons. The van der Waals surface area contributed by atoms with Gasteiger partial charge in [-0.15, -0.1) is 22.7 Å². The highest BCUT2D eigenvalue weighted by Crippen LogP contribution is 2.35. The van der Waals surface area contributed by atoms with Crippen molar-refractivity contribution in [2.75, 3.05) is 11.3 Å². The lowest BCUT2D eigenvalue weighted by atomic mass is 10.1. The van der Waals surface area contributed by atoms with E-state index in [0.717, 1.165) is 30.7 Å². The van der Waals surface area contributed by atoms with Gasteiger partial charge < -0.3 is 4.90 Å². The van der Waals surface area contributed by atoms with Crippen molar-refractivity contribution in [1.82, 2.24) is 4.90 Å². The highest BCUT2D eigenvalue weighted by Gasteiger charge is 2.31. The molecule has 8 heteroatoms. The Labute approximate surface area is 166 Å². The van der Waals surface area contributed by atoms with Gasteiger partial charge in [0.25, 0.3) is 15.9 Å². The summed E-state index contributed by atoms with van der Waals surface area (Å²) >= 11 is 2.84. The summed E-state index contributed by atoms with van der Waals surface area (Å²) in [4.78, 5) is 16.1. The summed E-state index contributed by atoms with van der Waals surface area (Å²) in [5.74, 6) is -0.0152. The third kappa shape index (κ3) is 3.78. The molecule has 2 aromatic heterocycles. The van der Waals surface area contributed by atoms with Crippen LogP contribution in [0.1, 0.15) is 34.1 Å². The van der Waals surface area contributed by atoms with Gasteiger partial charge in [-0.25, -0.2) is 8.42 Å². The van der Waals surface area contributed by atoms with E-state index in [9.17, 15) is 13.2 Å². The number of amides is 1. The van der Waals surface area contributed by atoms with Gasteiger partial charge >= 0.3 is 0 Å². The first-order valence-corrected chi connectivity index (χ1v) is 11.8. The maximum atomic E-state index is 12.9. The Bertz CT molecular complexity index is 1010. The van der Waals surface area contributed by atoms with E-state index in [0.29, 0.717) is 11.3 Å². The Balaban J connectivity index is 1.50. The molecule has 1 aliphatic rings. The molecule has 1 aliphatic heterocycles. The Morgan fingerprint density at radius 3 is 2.44 bits per heavy atom.